The van der Waals surface area contributed by atoms with Gasteiger partial charge in [-0.1, -0.05) is 18.2 Å². The molecule has 3 heterocycles. The molecule has 0 aromatic heterocycles. The largest absolute Gasteiger partial charge is 0.458 e. The number of hydrogen-bond donors (Lipinski definition) is 1. The highest BCUT2D eigenvalue weighted by Gasteiger charge is 2.72. The molecule has 3 fully saturated rings. The molecule has 180 valence electrons. The number of alkyl halides is 2. The Morgan fingerprint density at radius 2 is 1.85 bits per heavy atom. The van der Waals surface area contributed by atoms with Crippen molar-refractivity contribution in [2.45, 2.75) is 47.8 Å². The first-order valence-electron chi connectivity index (χ1n) is 10.1. The summed E-state index contributed by atoms with van der Waals surface area (Å²) in [4.78, 5) is 40.1. The summed E-state index contributed by atoms with van der Waals surface area (Å²) in [7, 11) is -5.79. The fourth-order valence-electron chi connectivity index (χ4n) is 4.75. The topological polar surface area (TPSA) is 127 Å². The lowest BCUT2D eigenvalue weighted by atomic mass is 9.78. The van der Waals surface area contributed by atoms with E-state index < -0.39 is 68.4 Å². The number of likely N-dealkylation sites (tertiary alicyclic amines) is 1. The first-order valence-corrected chi connectivity index (χ1v) is 12.5. The van der Waals surface area contributed by atoms with Gasteiger partial charge in [0.15, 0.2) is 6.61 Å². The van der Waals surface area contributed by atoms with Crippen molar-refractivity contribution in [3.8, 4) is 0 Å². The van der Waals surface area contributed by atoms with Gasteiger partial charge in [0.05, 0.1) is 28.7 Å². The number of benzene rings is 1. The first-order chi connectivity index (χ1) is 15.3. The minimum absolute atomic E-state index is 0.272. The van der Waals surface area contributed by atoms with E-state index in [9.17, 15) is 31.6 Å². The predicted molar refractivity (Wildman–Crippen MR) is 111 cm³/mol. The van der Waals surface area contributed by atoms with E-state index in [4.69, 9.17) is 9.29 Å². The lowest BCUT2D eigenvalue weighted by Crippen LogP contribution is -2.51. The highest BCUT2D eigenvalue weighted by Crippen LogP contribution is 2.60. The van der Waals surface area contributed by atoms with Crippen LogP contribution >= 0.6 is 11.8 Å². The first kappa shape index (κ1) is 23.9. The van der Waals surface area contributed by atoms with Crippen molar-refractivity contribution in [3.05, 3.63) is 35.9 Å². The molecule has 6 unspecified atom stereocenters. The Morgan fingerprint density at radius 1 is 1.21 bits per heavy atom. The molecule has 4 rings (SSSR count). The number of ether oxygens (including phenoxy) is 2. The molecule has 3 aliphatic heterocycles. The molecule has 1 N–H and O–H groups in total. The molecule has 13 heteroatoms. The van der Waals surface area contributed by atoms with Crippen molar-refractivity contribution in [3.63, 3.8) is 0 Å². The molecule has 9 nitrogen and oxygen atoms in total. The van der Waals surface area contributed by atoms with E-state index >= 15 is 0 Å². The van der Waals surface area contributed by atoms with Crippen molar-refractivity contribution in [1.82, 2.24) is 4.90 Å². The number of thioether (sulfide) groups is 1. The molecular formula is C20H21F2NO8S2. The third kappa shape index (κ3) is 3.89. The van der Waals surface area contributed by atoms with Crippen LogP contribution in [0.1, 0.15) is 24.2 Å². The summed E-state index contributed by atoms with van der Waals surface area (Å²) in [5.74, 6) is -4.32. The Hall–Kier alpha value is -2.25. The number of hydrogen-bond acceptors (Lipinski definition) is 8. The minimum atomic E-state index is -5.79. The SMILES string of the molecule is CC(C)N1C(=O)C2C3SC(C(OC(=O)c4ccccc4)C31)C2C(=O)OCC(F)(F)S(=O)(=O)O. The third-order valence-electron chi connectivity index (χ3n) is 6.11. The average molecular weight is 506 g/mol. The molecule has 0 spiro atoms. The van der Waals surface area contributed by atoms with E-state index in [-0.39, 0.29) is 17.5 Å². The fourth-order valence-corrected chi connectivity index (χ4v) is 7.05. The number of carbonyl (C=O) groups excluding carboxylic acids is 3. The van der Waals surface area contributed by atoms with Crippen molar-refractivity contribution >= 4 is 39.7 Å². The second-order valence-electron chi connectivity index (χ2n) is 8.40. The van der Waals surface area contributed by atoms with Gasteiger partial charge in [0, 0.05) is 11.3 Å². The maximum absolute atomic E-state index is 13.6. The van der Waals surface area contributed by atoms with Crippen LogP contribution in [-0.2, 0) is 29.2 Å². The standard InChI is InChI=1S/C20H21F2NO8S2/c1-9(2)23-13-14(31-18(25)10-6-4-3-5-7-10)16-12(11(17(23)24)15(13)32-16)19(26)30-8-20(21,22)33(27,28)29/h3-7,9,11-16H,8H2,1-2H3,(H,27,28,29). The van der Waals surface area contributed by atoms with Gasteiger partial charge in [0.2, 0.25) is 5.91 Å². The van der Waals surface area contributed by atoms with Gasteiger partial charge in [-0.2, -0.15) is 17.2 Å². The van der Waals surface area contributed by atoms with Gasteiger partial charge in [-0.15, -0.1) is 11.8 Å². The highest BCUT2D eigenvalue weighted by atomic mass is 32.2. The van der Waals surface area contributed by atoms with E-state index in [0.717, 1.165) is 0 Å². The molecule has 1 aromatic carbocycles. The zero-order chi connectivity index (χ0) is 24.3. The predicted octanol–water partition coefficient (Wildman–Crippen LogP) is 1.58. The third-order valence-corrected chi connectivity index (χ3v) is 8.74. The second-order valence-corrected chi connectivity index (χ2v) is 11.3. The van der Waals surface area contributed by atoms with E-state index in [0.29, 0.717) is 0 Å². The van der Waals surface area contributed by atoms with Crippen LogP contribution in [0.4, 0.5) is 8.78 Å². The van der Waals surface area contributed by atoms with E-state index in [1.807, 2.05) is 0 Å². The van der Waals surface area contributed by atoms with Crippen LogP contribution in [0.3, 0.4) is 0 Å². The molecule has 0 aliphatic carbocycles. The number of nitrogens with zero attached hydrogens (tertiary/aromatic N) is 1. The summed E-state index contributed by atoms with van der Waals surface area (Å²) >= 11 is 1.26. The quantitative estimate of drug-likeness (QED) is 0.434. The Bertz CT molecular complexity index is 1080. The number of halogens is 2. The van der Waals surface area contributed by atoms with Crippen molar-refractivity contribution < 1.29 is 45.6 Å². The fraction of sp³-hybridized carbons (Fsp3) is 0.550. The Kier molecular flexibility index (Phi) is 5.94. The van der Waals surface area contributed by atoms with Gasteiger partial charge in [-0.3, -0.25) is 14.1 Å². The van der Waals surface area contributed by atoms with Crippen molar-refractivity contribution in [2.24, 2.45) is 11.8 Å². The molecule has 1 aromatic rings. The number of fused-ring (bicyclic) bond motifs is 1. The molecule has 6 atom stereocenters. The molecule has 0 saturated carbocycles. The lowest BCUT2D eigenvalue weighted by Gasteiger charge is -2.34. The molecule has 0 radical (unpaired) electrons. The molecule has 1 amide bonds. The molecular weight excluding hydrogens is 484 g/mol. The summed E-state index contributed by atoms with van der Waals surface area (Å²) in [6.07, 6.45) is -0.891. The molecule has 3 saturated heterocycles. The average Bonchev–Trinajstić information content (AvgIpc) is 3.34. The van der Waals surface area contributed by atoms with Gasteiger partial charge >= 0.3 is 27.3 Å². The number of carbonyl (C=O) groups is 3. The smallest absolute Gasteiger partial charge is 0.402 e. The Labute approximate surface area is 192 Å². The maximum Gasteiger partial charge on any atom is 0.402 e. The van der Waals surface area contributed by atoms with Gasteiger partial charge in [0.1, 0.15) is 6.10 Å². The van der Waals surface area contributed by atoms with Crippen LogP contribution in [0.25, 0.3) is 0 Å². The zero-order valence-corrected chi connectivity index (χ0v) is 19.1. The van der Waals surface area contributed by atoms with E-state index in [1.54, 1.807) is 49.1 Å². The summed E-state index contributed by atoms with van der Waals surface area (Å²) < 4.78 is 67.7. The van der Waals surface area contributed by atoms with Gasteiger partial charge < -0.3 is 14.4 Å². The molecule has 33 heavy (non-hydrogen) atoms. The van der Waals surface area contributed by atoms with Gasteiger partial charge in [-0.05, 0) is 26.0 Å². The van der Waals surface area contributed by atoms with Crippen LogP contribution in [-0.4, -0.2) is 76.3 Å². The van der Waals surface area contributed by atoms with E-state index in [1.165, 1.54) is 11.8 Å². The monoisotopic (exact) mass is 505 g/mol. The summed E-state index contributed by atoms with van der Waals surface area (Å²) in [5, 5.41) is -5.85. The lowest BCUT2D eigenvalue weighted by molar-refractivity contribution is -0.159. The Balaban J connectivity index is 1.60. The van der Waals surface area contributed by atoms with Crippen LogP contribution in [0.2, 0.25) is 0 Å². The number of esters is 2. The van der Waals surface area contributed by atoms with Crippen LogP contribution in [0.5, 0.6) is 0 Å². The second kappa shape index (κ2) is 8.20. The molecule has 2 bridgehead atoms. The zero-order valence-electron chi connectivity index (χ0n) is 17.5. The number of amides is 1. The van der Waals surface area contributed by atoms with Crippen molar-refractivity contribution in [2.75, 3.05) is 6.61 Å². The summed E-state index contributed by atoms with van der Waals surface area (Å²) in [6, 6.07) is 7.36. The maximum atomic E-state index is 13.6. The highest BCUT2D eigenvalue weighted by molar-refractivity contribution is 8.01. The summed E-state index contributed by atoms with van der Waals surface area (Å²) in [6.45, 7) is 1.66. The normalized spacial score (nSPS) is 30.7. The van der Waals surface area contributed by atoms with Gasteiger partial charge in [0.25, 0.3) is 0 Å². The summed E-state index contributed by atoms with van der Waals surface area (Å²) in [5.41, 5.74) is 0.272. The van der Waals surface area contributed by atoms with Gasteiger partial charge in [-0.25, -0.2) is 4.79 Å². The van der Waals surface area contributed by atoms with Crippen LogP contribution in [0, 0.1) is 11.8 Å². The molecule has 3 aliphatic rings. The van der Waals surface area contributed by atoms with Crippen molar-refractivity contribution in [1.29, 1.82) is 0 Å². The van der Waals surface area contributed by atoms with Crippen LogP contribution in [0.15, 0.2) is 30.3 Å². The Morgan fingerprint density at radius 3 is 2.42 bits per heavy atom. The van der Waals surface area contributed by atoms with E-state index in [2.05, 4.69) is 4.74 Å². The number of rotatable bonds is 7. The minimum Gasteiger partial charge on any atom is -0.458 e. The van der Waals surface area contributed by atoms with Crippen LogP contribution < -0.4 is 0 Å².